The zero-order chi connectivity index (χ0) is 19.8. The number of fused-ring (bicyclic) bond motifs is 2. The van der Waals surface area contributed by atoms with Gasteiger partial charge in [-0.3, -0.25) is 4.79 Å². The van der Waals surface area contributed by atoms with Crippen molar-refractivity contribution < 1.29 is 14.3 Å². The Bertz CT molecular complexity index is 998. The molecule has 29 heavy (non-hydrogen) atoms. The smallest absolute Gasteiger partial charge is 0.235 e. The van der Waals surface area contributed by atoms with Crippen LogP contribution >= 0.6 is 0 Å². The second-order valence-corrected chi connectivity index (χ2v) is 7.67. The summed E-state index contributed by atoms with van der Waals surface area (Å²) in [4.78, 5) is 15.7. The van der Waals surface area contributed by atoms with Gasteiger partial charge in [0.05, 0.1) is 19.1 Å². The van der Waals surface area contributed by atoms with Gasteiger partial charge >= 0.3 is 0 Å². The number of nitrogens with zero attached hydrogens (tertiary/aromatic N) is 1. The minimum Gasteiger partial charge on any atom is -0.457 e. The van der Waals surface area contributed by atoms with E-state index in [0.717, 1.165) is 28.2 Å². The Morgan fingerprint density at radius 1 is 0.897 bits per heavy atom. The van der Waals surface area contributed by atoms with Gasteiger partial charge in [-0.15, -0.1) is 0 Å². The van der Waals surface area contributed by atoms with Gasteiger partial charge < -0.3 is 14.4 Å². The molecule has 3 aromatic rings. The predicted molar refractivity (Wildman–Crippen MR) is 111 cm³/mol. The molecule has 2 aliphatic rings. The Morgan fingerprint density at radius 2 is 1.52 bits per heavy atom. The lowest BCUT2D eigenvalue weighted by Gasteiger charge is -2.37. The Labute approximate surface area is 170 Å². The van der Waals surface area contributed by atoms with E-state index in [9.17, 15) is 4.79 Å². The predicted octanol–water partition coefficient (Wildman–Crippen LogP) is 4.83. The van der Waals surface area contributed by atoms with Gasteiger partial charge in [0.15, 0.2) is 0 Å². The van der Waals surface area contributed by atoms with Gasteiger partial charge in [0.1, 0.15) is 17.6 Å². The molecule has 0 aromatic heterocycles. The Balaban J connectivity index is 1.46. The van der Waals surface area contributed by atoms with Crippen LogP contribution in [0.15, 0.2) is 72.8 Å². The Kier molecular flexibility index (Phi) is 4.57. The topological polar surface area (TPSA) is 38.8 Å². The molecule has 2 aliphatic heterocycles. The third kappa shape index (κ3) is 3.30. The second kappa shape index (κ2) is 7.37. The van der Waals surface area contributed by atoms with E-state index in [1.54, 1.807) is 0 Å². The molecule has 146 valence electrons. The third-order valence-electron chi connectivity index (χ3n) is 5.75. The van der Waals surface area contributed by atoms with Crippen LogP contribution in [0.5, 0.6) is 11.5 Å². The van der Waals surface area contributed by atoms with Gasteiger partial charge in [0.25, 0.3) is 0 Å². The van der Waals surface area contributed by atoms with Crippen LogP contribution in [0.2, 0.25) is 0 Å². The minimum absolute atomic E-state index is 0.0985. The van der Waals surface area contributed by atoms with Gasteiger partial charge in [-0.1, -0.05) is 66.2 Å². The molecule has 5 rings (SSSR count). The highest BCUT2D eigenvalue weighted by atomic mass is 16.5. The first-order valence-corrected chi connectivity index (χ1v) is 10.0. The molecule has 0 aliphatic carbocycles. The number of benzene rings is 3. The number of hydrogen-bond donors (Lipinski definition) is 0. The third-order valence-corrected chi connectivity index (χ3v) is 5.75. The van der Waals surface area contributed by atoms with E-state index in [1.807, 2.05) is 53.4 Å². The van der Waals surface area contributed by atoms with Crippen molar-refractivity contribution in [1.82, 2.24) is 4.90 Å². The first-order valence-electron chi connectivity index (χ1n) is 10.0. The number of amides is 1. The zero-order valence-electron chi connectivity index (χ0n) is 16.4. The lowest BCUT2D eigenvalue weighted by molar-refractivity contribution is -0.139. The zero-order valence-corrected chi connectivity index (χ0v) is 16.4. The van der Waals surface area contributed by atoms with Crippen molar-refractivity contribution in [1.29, 1.82) is 0 Å². The summed E-state index contributed by atoms with van der Waals surface area (Å²) < 4.78 is 12.0. The number of ether oxygens (including phenoxy) is 2. The lowest BCUT2D eigenvalue weighted by Crippen LogP contribution is -2.45. The maximum absolute atomic E-state index is 13.7. The highest BCUT2D eigenvalue weighted by Crippen LogP contribution is 2.45. The van der Waals surface area contributed by atoms with Crippen molar-refractivity contribution in [3.8, 4) is 11.5 Å². The summed E-state index contributed by atoms with van der Waals surface area (Å²) in [5.74, 6) is 1.27. The molecule has 2 heterocycles. The molecule has 1 unspecified atom stereocenters. The van der Waals surface area contributed by atoms with Crippen LogP contribution in [-0.2, 0) is 9.53 Å². The summed E-state index contributed by atoms with van der Waals surface area (Å²) in [6.45, 7) is 3.77. The molecule has 0 saturated carbocycles. The standard InChI is InChI=1S/C25H23NO3/c1-17-10-12-18(13-11-17)23-16-26(14-15-28-23)25(27)24-19-6-2-4-8-21(19)29-22-9-5-3-7-20(22)24/h2-13,23-24H,14-16H2,1H3. The van der Waals surface area contributed by atoms with Crippen molar-refractivity contribution in [2.24, 2.45) is 0 Å². The summed E-state index contributed by atoms with van der Waals surface area (Å²) in [7, 11) is 0. The van der Waals surface area contributed by atoms with Crippen molar-refractivity contribution in [3.05, 3.63) is 95.1 Å². The fraction of sp³-hybridized carbons (Fsp3) is 0.240. The summed E-state index contributed by atoms with van der Waals surface area (Å²) in [5, 5.41) is 0. The largest absolute Gasteiger partial charge is 0.457 e. The van der Waals surface area contributed by atoms with Crippen molar-refractivity contribution in [3.63, 3.8) is 0 Å². The van der Waals surface area contributed by atoms with Crippen molar-refractivity contribution in [2.45, 2.75) is 18.9 Å². The highest BCUT2D eigenvalue weighted by molar-refractivity contribution is 5.89. The van der Waals surface area contributed by atoms with E-state index in [2.05, 4.69) is 31.2 Å². The van der Waals surface area contributed by atoms with Crippen LogP contribution in [0.3, 0.4) is 0 Å². The number of aryl methyl sites for hydroxylation is 1. The maximum atomic E-state index is 13.7. The summed E-state index contributed by atoms with van der Waals surface area (Å²) in [5.41, 5.74) is 4.18. The molecule has 4 heteroatoms. The molecule has 1 atom stereocenters. The molecule has 1 fully saturated rings. The first-order chi connectivity index (χ1) is 14.2. The molecular formula is C25H23NO3. The second-order valence-electron chi connectivity index (χ2n) is 7.67. The van der Waals surface area contributed by atoms with Gasteiger partial charge in [-0.2, -0.15) is 0 Å². The van der Waals surface area contributed by atoms with Gasteiger partial charge in [0, 0.05) is 17.7 Å². The van der Waals surface area contributed by atoms with Crippen LogP contribution in [-0.4, -0.2) is 30.5 Å². The Hall–Kier alpha value is -3.11. The van der Waals surface area contributed by atoms with Crippen molar-refractivity contribution >= 4 is 5.91 Å². The van der Waals surface area contributed by atoms with E-state index in [0.29, 0.717) is 19.7 Å². The molecule has 1 saturated heterocycles. The average Bonchev–Trinajstić information content (AvgIpc) is 2.77. The van der Waals surface area contributed by atoms with E-state index in [1.165, 1.54) is 5.56 Å². The first kappa shape index (κ1) is 18.0. The molecule has 4 nitrogen and oxygen atoms in total. The lowest BCUT2D eigenvalue weighted by atomic mass is 9.86. The molecule has 0 spiro atoms. The summed E-state index contributed by atoms with van der Waals surface area (Å²) >= 11 is 0. The minimum atomic E-state index is -0.354. The van der Waals surface area contributed by atoms with Gasteiger partial charge in [-0.25, -0.2) is 0 Å². The molecule has 0 N–H and O–H groups in total. The Morgan fingerprint density at radius 3 is 2.17 bits per heavy atom. The monoisotopic (exact) mass is 385 g/mol. The van der Waals surface area contributed by atoms with E-state index >= 15 is 0 Å². The fourth-order valence-corrected chi connectivity index (χ4v) is 4.19. The SMILES string of the molecule is Cc1ccc(C2CN(C(=O)C3c4ccccc4Oc4ccccc43)CCO2)cc1. The normalized spacial score (nSPS) is 18.5. The molecule has 0 radical (unpaired) electrons. The number of rotatable bonds is 2. The summed E-state index contributed by atoms with van der Waals surface area (Å²) in [6, 6.07) is 24.0. The summed E-state index contributed by atoms with van der Waals surface area (Å²) in [6.07, 6.45) is -0.0985. The quantitative estimate of drug-likeness (QED) is 0.634. The molecule has 3 aromatic carbocycles. The van der Waals surface area contributed by atoms with Crippen LogP contribution in [0, 0.1) is 6.92 Å². The number of carbonyl (C=O) groups excluding carboxylic acids is 1. The van der Waals surface area contributed by atoms with Gasteiger partial charge in [-0.05, 0) is 24.6 Å². The van der Waals surface area contributed by atoms with E-state index < -0.39 is 0 Å². The van der Waals surface area contributed by atoms with Crippen LogP contribution in [0.1, 0.15) is 34.3 Å². The van der Waals surface area contributed by atoms with Crippen LogP contribution in [0.25, 0.3) is 0 Å². The number of carbonyl (C=O) groups is 1. The molecule has 0 bridgehead atoms. The number of hydrogen-bond acceptors (Lipinski definition) is 3. The van der Waals surface area contributed by atoms with Gasteiger partial charge in [0.2, 0.25) is 5.91 Å². The van der Waals surface area contributed by atoms with Crippen LogP contribution < -0.4 is 4.74 Å². The van der Waals surface area contributed by atoms with Crippen molar-refractivity contribution in [2.75, 3.05) is 19.7 Å². The van der Waals surface area contributed by atoms with Crippen LogP contribution in [0.4, 0.5) is 0 Å². The fourth-order valence-electron chi connectivity index (χ4n) is 4.19. The number of morpholine rings is 1. The molecular weight excluding hydrogens is 362 g/mol. The van der Waals surface area contributed by atoms with E-state index in [4.69, 9.17) is 9.47 Å². The van der Waals surface area contributed by atoms with E-state index in [-0.39, 0.29) is 17.9 Å². The average molecular weight is 385 g/mol. The number of para-hydroxylation sites is 2. The maximum Gasteiger partial charge on any atom is 0.235 e. The highest BCUT2D eigenvalue weighted by Gasteiger charge is 2.37. The molecule has 1 amide bonds.